The molecule has 0 bridgehead atoms. The van der Waals surface area contributed by atoms with Crippen LogP contribution in [0.1, 0.15) is 0 Å². The van der Waals surface area contributed by atoms with Gasteiger partial charge in [0.25, 0.3) is 0 Å². The average Bonchev–Trinajstić information content (AvgIpc) is 2.54. The van der Waals surface area contributed by atoms with Gasteiger partial charge in [0.15, 0.2) is 0 Å². The zero-order valence-electron chi connectivity index (χ0n) is 13.5. The number of ether oxygens (including phenoxy) is 4. The van der Waals surface area contributed by atoms with E-state index in [-0.39, 0.29) is 0 Å². The Kier molecular flexibility index (Phi) is 5.30. The van der Waals surface area contributed by atoms with Gasteiger partial charge in [-0.05, 0) is 12.1 Å². The summed E-state index contributed by atoms with van der Waals surface area (Å²) in [6.45, 7) is 0. The fourth-order valence-electron chi connectivity index (χ4n) is 1.77. The van der Waals surface area contributed by atoms with Gasteiger partial charge in [-0.1, -0.05) is 6.07 Å². The first-order valence-electron chi connectivity index (χ1n) is 6.92. The smallest absolute Gasteiger partial charge is 0.414 e. The molecule has 0 aliphatic rings. The van der Waals surface area contributed by atoms with Crippen LogP contribution in [0.2, 0.25) is 0 Å². The van der Waals surface area contributed by atoms with Gasteiger partial charge < -0.3 is 23.8 Å². The van der Waals surface area contributed by atoms with Gasteiger partial charge in [-0.2, -0.15) is 0 Å². The Labute approximate surface area is 135 Å². The van der Waals surface area contributed by atoms with Crippen molar-refractivity contribution in [3.8, 4) is 28.7 Å². The van der Waals surface area contributed by atoms with Crippen molar-refractivity contribution >= 4 is 6.09 Å². The summed E-state index contributed by atoms with van der Waals surface area (Å²) in [6.07, 6.45) is -0.454. The molecule has 0 atom stereocenters. The molecule has 0 saturated heterocycles. The van der Waals surface area contributed by atoms with E-state index in [0.29, 0.717) is 28.7 Å². The van der Waals surface area contributed by atoms with E-state index in [9.17, 15) is 4.79 Å². The minimum atomic E-state index is -0.454. The molecule has 0 heterocycles. The number of rotatable bonds is 5. The third kappa shape index (κ3) is 4.54. The van der Waals surface area contributed by atoms with E-state index in [2.05, 4.69) is 0 Å². The average molecular weight is 317 g/mol. The highest BCUT2D eigenvalue weighted by atomic mass is 16.6. The third-order valence-electron chi connectivity index (χ3n) is 2.94. The number of methoxy groups -OCH3 is 2. The minimum absolute atomic E-state index is 0.399. The van der Waals surface area contributed by atoms with Gasteiger partial charge in [-0.25, -0.2) is 4.79 Å². The van der Waals surface area contributed by atoms with E-state index in [4.69, 9.17) is 18.9 Å². The first kappa shape index (κ1) is 16.5. The Bertz CT molecular complexity index is 662. The molecular formula is C17H19NO5. The molecule has 0 spiro atoms. The van der Waals surface area contributed by atoms with Gasteiger partial charge in [0, 0.05) is 38.4 Å². The Morgan fingerprint density at radius 3 is 1.91 bits per heavy atom. The van der Waals surface area contributed by atoms with E-state index >= 15 is 0 Å². The Morgan fingerprint density at radius 1 is 0.826 bits per heavy atom. The van der Waals surface area contributed by atoms with Crippen LogP contribution in [0.25, 0.3) is 0 Å². The predicted molar refractivity (Wildman–Crippen MR) is 85.8 cm³/mol. The fourth-order valence-corrected chi connectivity index (χ4v) is 1.77. The van der Waals surface area contributed by atoms with Crippen LogP contribution in [0, 0.1) is 0 Å². The number of carbonyl (C=O) groups is 1. The minimum Gasteiger partial charge on any atom is -0.496 e. The van der Waals surface area contributed by atoms with E-state index < -0.39 is 6.09 Å². The molecule has 0 N–H and O–H groups in total. The summed E-state index contributed by atoms with van der Waals surface area (Å²) in [7, 11) is 6.37. The van der Waals surface area contributed by atoms with Crippen LogP contribution in [0.4, 0.5) is 4.79 Å². The van der Waals surface area contributed by atoms with Gasteiger partial charge in [-0.15, -0.1) is 0 Å². The Hall–Kier alpha value is -2.89. The summed E-state index contributed by atoms with van der Waals surface area (Å²) in [4.78, 5) is 12.9. The first-order valence-corrected chi connectivity index (χ1v) is 6.92. The largest absolute Gasteiger partial charge is 0.496 e. The van der Waals surface area contributed by atoms with E-state index in [0.717, 1.165) is 0 Å². The molecule has 0 unspecified atom stereocenters. The van der Waals surface area contributed by atoms with E-state index in [1.807, 2.05) is 0 Å². The number of benzene rings is 2. The first-order chi connectivity index (χ1) is 11.0. The van der Waals surface area contributed by atoms with Crippen molar-refractivity contribution in [1.29, 1.82) is 0 Å². The molecule has 0 aromatic heterocycles. The summed E-state index contributed by atoms with van der Waals surface area (Å²) >= 11 is 0. The topological polar surface area (TPSA) is 57.2 Å². The molecule has 1 amide bonds. The molecule has 0 radical (unpaired) electrons. The molecule has 0 aliphatic carbocycles. The van der Waals surface area contributed by atoms with Crippen molar-refractivity contribution in [2.75, 3.05) is 28.3 Å². The van der Waals surface area contributed by atoms with Crippen molar-refractivity contribution in [2.45, 2.75) is 0 Å². The van der Waals surface area contributed by atoms with Gasteiger partial charge in [0.05, 0.1) is 14.2 Å². The van der Waals surface area contributed by atoms with Crippen molar-refractivity contribution in [2.24, 2.45) is 0 Å². The summed E-state index contributed by atoms with van der Waals surface area (Å²) in [5.74, 6) is 2.72. The third-order valence-corrected chi connectivity index (χ3v) is 2.94. The standard InChI is InChI=1S/C17H19NO5/c1-18(2)17(19)23-13-7-5-6-12(8-13)22-16-10-14(20-3)9-15(11-16)21-4/h5-11H,1-4H3. The van der Waals surface area contributed by atoms with Crippen LogP contribution in [0.5, 0.6) is 28.7 Å². The lowest BCUT2D eigenvalue weighted by Crippen LogP contribution is -2.25. The highest BCUT2D eigenvalue weighted by molar-refractivity contribution is 5.70. The lowest BCUT2D eigenvalue weighted by atomic mass is 10.3. The number of hydrogen-bond acceptors (Lipinski definition) is 5. The molecule has 6 nitrogen and oxygen atoms in total. The maximum absolute atomic E-state index is 11.6. The van der Waals surface area contributed by atoms with Crippen molar-refractivity contribution in [3.05, 3.63) is 42.5 Å². The van der Waals surface area contributed by atoms with Gasteiger partial charge in [0.2, 0.25) is 0 Å². The van der Waals surface area contributed by atoms with Crippen LogP contribution in [0.15, 0.2) is 42.5 Å². The second kappa shape index (κ2) is 7.40. The van der Waals surface area contributed by atoms with Crippen molar-refractivity contribution in [1.82, 2.24) is 4.90 Å². The molecular weight excluding hydrogens is 298 g/mol. The van der Waals surface area contributed by atoms with Crippen LogP contribution in [-0.4, -0.2) is 39.3 Å². The predicted octanol–water partition coefficient (Wildman–Crippen LogP) is 3.56. The second-order valence-corrected chi connectivity index (χ2v) is 4.89. The van der Waals surface area contributed by atoms with Gasteiger partial charge in [-0.3, -0.25) is 0 Å². The van der Waals surface area contributed by atoms with Crippen LogP contribution in [0.3, 0.4) is 0 Å². The molecule has 2 rings (SSSR count). The van der Waals surface area contributed by atoms with Crippen LogP contribution in [-0.2, 0) is 0 Å². The summed E-state index contributed by atoms with van der Waals surface area (Å²) in [5, 5.41) is 0. The molecule has 0 saturated carbocycles. The monoisotopic (exact) mass is 317 g/mol. The maximum atomic E-state index is 11.6. The van der Waals surface area contributed by atoms with E-state index in [1.54, 1.807) is 70.8 Å². The molecule has 122 valence electrons. The highest BCUT2D eigenvalue weighted by Gasteiger charge is 2.09. The SMILES string of the molecule is COc1cc(OC)cc(Oc2cccc(OC(=O)N(C)C)c2)c1. The van der Waals surface area contributed by atoms with E-state index in [1.165, 1.54) is 4.90 Å². The molecule has 6 heteroatoms. The van der Waals surface area contributed by atoms with Crippen molar-refractivity contribution < 1.29 is 23.7 Å². The molecule has 23 heavy (non-hydrogen) atoms. The Morgan fingerprint density at radius 2 is 1.35 bits per heavy atom. The van der Waals surface area contributed by atoms with Crippen LogP contribution < -0.4 is 18.9 Å². The molecule has 0 fully saturated rings. The summed E-state index contributed by atoms with van der Waals surface area (Å²) < 4.78 is 21.4. The number of nitrogens with zero attached hydrogens (tertiary/aromatic N) is 1. The normalized spacial score (nSPS) is 9.91. The summed E-state index contributed by atoms with van der Waals surface area (Å²) in [6, 6.07) is 12.0. The number of hydrogen-bond donors (Lipinski definition) is 0. The van der Waals surface area contributed by atoms with Gasteiger partial charge in [0.1, 0.15) is 28.7 Å². The maximum Gasteiger partial charge on any atom is 0.414 e. The van der Waals surface area contributed by atoms with Gasteiger partial charge >= 0.3 is 6.09 Å². The van der Waals surface area contributed by atoms with Crippen LogP contribution >= 0.6 is 0 Å². The number of carbonyl (C=O) groups excluding carboxylic acids is 1. The quantitative estimate of drug-likeness (QED) is 0.844. The molecule has 0 aliphatic heterocycles. The Balaban J connectivity index is 2.18. The van der Waals surface area contributed by atoms with Crippen molar-refractivity contribution in [3.63, 3.8) is 0 Å². The lowest BCUT2D eigenvalue weighted by molar-refractivity contribution is 0.172. The lowest BCUT2D eigenvalue weighted by Gasteiger charge is -2.12. The second-order valence-electron chi connectivity index (χ2n) is 4.89. The zero-order chi connectivity index (χ0) is 16.8. The zero-order valence-corrected chi connectivity index (χ0v) is 13.5. The highest BCUT2D eigenvalue weighted by Crippen LogP contribution is 2.32. The molecule has 2 aromatic carbocycles. The number of amides is 1. The fraction of sp³-hybridized carbons (Fsp3) is 0.235. The summed E-state index contributed by atoms with van der Waals surface area (Å²) in [5.41, 5.74) is 0. The molecule has 2 aromatic rings.